The minimum atomic E-state index is -3.21. The monoisotopic (exact) mass is 489 g/mol. The topological polar surface area (TPSA) is 113 Å². The van der Waals surface area contributed by atoms with Crippen LogP contribution in [0.5, 0.6) is 5.75 Å². The first-order valence-electron chi connectivity index (χ1n) is 8.12. The number of imide groups is 1. The molecule has 1 saturated heterocycles. The Bertz CT molecular complexity index is 1040. The third-order valence-corrected chi connectivity index (χ3v) is 4.91. The summed E-state index contributed by atoms with van der Waals surface area (Å²) in [6.07, 6.45) is -1.65. The van der Waals surface area contributed by atoms with E-state index in [0.717, 1.165) is 11.0 Å². The quantitative estimate of drug-likeness (QED) is 0.478. The Kier molecular flexibility index (Phi) is 5.82. The first-order valence-corrected chi connectivity index (χ1v) is 8.92. The van der Waals surface area contributed by atoms with E-state index in [-0.39, 0.29) is 15.8 Å². The van der Waals surface area contributed by atoms with Gasteiger partial charge in [-0.05, 0) is 28.1 Å². The van der Waals surface area contributed by atoms with Crippen LogP contribution in [0.1, 0.15) is 11.6 Å². The zero-order valence-electron chi connectivity index (χ0n) is 14.7. The van der Waals surface area contributed by atoms with Crippen molar-refractivity contribution in [1.82, 2.24) is 4.90 Å². The Hall–Kier alpha value is -3.35. The van der Waals surface area contributed by atoms with E-state index in [1.807, 2.05) is 0 Å². The lowest BCUT2D eigenvalue weighted by Gasteiger charge is -2.25. The highest BCUT2D eigenvalue weighted by molar-refractivity contribution is 9.10. The van der Waals surface area contributed by atoms with Crippen LogP contribution >= 0.6 is 15.9 Å². The Balaban J connectivity index is 2.21. The summed E-state index contributed by atoms with van der Waals surface area (Å²) < 4.78 is 43.7. The van der Waals surface area contributed by atoms with Crippen molar-refractivity contribution in [3.8, 4) is 5.75 Å². The molecule has 1 heterocycles. The Morgan fingerprint density at radius 3 is 2.60 bits per heavy atom. The number of para-hydroxylation sites is 1. The van der Waals surface area contributed by atoms with Gasteiger partial charge < -0.3 is 9.84 Å². The van der Waals surface area contributed by atoms with E-state index in [4.69, 9.17) is 0 Å². The minimum absolute atomic E-state index is 0.00959. The largest absolute Gasteiger partial charge is 0.465 e. The molecule has 158 valence electrons. The van der Waals surface area contributed by atoms with Gasteiger partial charge in [0.1, 0.15) is 17.3 Å². The van der Waals surface area contributed by atoms with Gasteiger partial charge in [0.05, 0.1) is 28.0 Å². The highest BCUT2D eigenvalue weighted by atomic mass is 79.9. The normalized spacial score (nSPS) is 16.3. The molecule has 1 atom stereocenters. The highest BCUT2D eigenvalue weighted by Gasteiger charge is 2.46. The summed E-state index contributed by atoms with van der Waals surface area (Å²) in [7, 11) is 0. The maximum atomic E-state index is 13.9. The second-order valence-corrected chi connectivity index (χ2v) is 6.84. The van der Waals surface area contributed by atoms with Gasteiger partial charge in [-0.2, -0.15) is 8.78 Å². The first kappa shape index (κ1) is 21.4. The Labute approximate surface area is 174 Å². The predicted octanol–water partition coefficient (Wildman–Crippen LogP) is 4.76. The van der Waals surface area contributed by atoms with Crippen molar-refractivity contribution in [2.75, 3.05) is 11.4 Å². The molecule has 0 bridgehead atoms. The zero-order chi connectivity index (χ0) is 22.2. The Morgan fingerprint density at radius 1 is 1.33 bits per heavy atom. The van der Waals surface area contributed by atoms with Gasteiger partial charge in [0.25, 0.3) is 5.69 Å². The van der Waals surface area contributed by atoms with Gasteiger partial charge in [-0.25, -0.2) is 18.9 Å². The van der Waals surface area contributed by atoms with Crippen LogP contribution in [0.2, 0.25) is 0 Å². The summed E-state index contributed by atoms with van der Waals surface area (Å²) >= 11 is 2.87. The van der Waals surface area contributed by atoms with Gasteiger partial charge >= 0.3 is 18.7 Å². The van der Waals surface area contributed by atoms with Crippen LogP contribution in [0.3, 0.4) is 0 Å². The number of hydrogen-bond donors (Lipinski definition) is 1. The molecule has 13 heteroatoms. The number of rotatable bonds is 5. The second-order valence-electron chi connectivity index (χ2n) is 5.99. The van der Waals surface area contributed by atoms with Crippen molar-refractivity contribution in [2.45, 2.75) is 12.7 Å². The number of alkyl halides is 2. The summed E-state index contributed by atoms with van der Waals surface area (Å²) in [4.78, 5) is 35.9. The summed E-state index contributed by atoms with van der Waals surface area (Å²) in [5.74, 6) is -1.32. The number of anilines is 1. The van der Waals surface area contributed by atoms with Gasteiger partial charge in [-0.1, -0.05) is 18.2 Å². The molecular formula is C17H11BrF3N3O6. The predicted molar refractivity (Wildman–Crippen MR) is 99.2 cm³/mol. The van der Waals surface area contributed by atoms with Gasteiger partial charge in [-0.3, -0.25) is 15.0 Å². The number of urea groups is 1. The highest BCUT2D eigenvalue weighted by Crippen LogP contribution is 2.43. The number of halogens is 4. The molecule has 0 saturated carbocycles. The van der Waals surface area contributed by atoms with Crippen molar-refractivity contribution in [1.29, 1.82) is 0 Å². The molecule has 0 aliphatic carbocycles. The number of carbonyl (C=O) groups is 2. The minimum Gasteiger partial charge on any atom is -0.465 e. The molecule has 1 N–H and O–H groups in total. The van der Waals surface area contributed by atoms with E-state index in [1.165, 1.54) is 24.3 Å². The maximum Gasteiger partial charge on any atom is 0.415 e. The second kappa shape index (κ2) is 8.18. The third kappa shape index (κ3) is 3.87. The number of ether oxygens (including phenoxy) is 1. The molecule has 0 radical (unpaired) electrons. The lowest BCUT2D eigenvalue weighted by atomic mass is 10.0. The molecule has 30 heavy (non-hydrogen) atoms. The van der Waals surface area contributed by atoms with Crippen LogP contribution in [0.15, 0.2) is 40.9 Å². The van der Waals surface area contributed by atoms with Gasteiger partial charge in [0.15, 0.2) is 0 Å². The summed E-state index contributed by atoms with van der Waals surface area (Å²) in [6, 6.07) is 4.42. The number of benzene rings is 2. The average Bonchev–Trinajstić information content (AvgIpc) is 3.00. The van der Waals surface area contributed by atoms with Gasteiger partial charge in [-0.15, -0.1) is 0 Å². The van der Waals surface area contributed by atoms with Gasteiger partial charge in [0.2, 0.25) is 0 Å². The average molecular weight is 490 g/mol. The molecule has 1 unspecified atom stereocenters. The fourth-order valence-corrected chi connectivity index (χ4v) is 3.42. The van der Waals surface area contributed by atoms with Crippen LogP contribution in [0.4, 0.5) is 34.1 Å². The van der Waals surface area contributed by atoms with E-state index in [2.05, 4.69) is 20.7 Å². The summed E-state index contributed by atoms with van der Waals surface area (Å²) in [5, 5.41) is 20.8. The van der Waals surface area contributed by atoms with E-state index < -0.39 is 53.4 Å². The SMILES string of the molecule is O=C(O)N1CC(c2ccccc2OC(F)F)N(c2cc(Br)c(F)cc2[N+](=O)[O-])C1=O. The number of nitro groups is 1. The molecule has 9 nitrogen and oxygen atoms in total. The molecule has 3 amide bonds. The van der Waals surface area contributed by atoms with Crippen LogP contribution in [0.25, 0.3) is 0 Å². The summed E-state index contributed by atoms with van der Waals surface area (Å²) in [6.45, 7) is -3.73. The number of amides is 3. The molecule has 1 aliphatic rings. The van der Waals surface area contributed by atoms with E-state index >= 15 is 0 Å². The van der Waals surface area contributed by atoms with Crippen LogP contribution < -0.4 is 9.64 Å². The van der Waals surface area contributed by atoms with Gasteiger partial charge in [0, 0.05) is 5.56 Å². The number of carbonyl (C=O) groups excluding carboxylic acids is 1. The number of carboxylic acid groups (broad SMARTS) is 1. The first-order chi connectivity index (χ1) is 14.1. The van der Waals surface area contributed by atoms with Crippen molar-refractivity contribution in [3.63, 3.8) is 0 Å². The molecule has 0 aromatic heterocycles. The van der Waals surface area contributed by atoms with E-state index in [9.17, 15) is 38.0 Å². The zero-order valence-corrected chi connectivity index (χ0v) is 16.3. The van der Waals surface area contributed by atoms with Crippen molar-refractivity contribution < 1.29 is 37.5 Å². The molecular weight excluding hydrogens is 479 g/mol. The number of hydrogen-bond acceptors (Lipinski definition) is 5. The number of nitro benzene ring substituents is 1. The van der Waals surface area contributed by atoms with Crippen molar-refractivity contribution in [2.24, 2.45) is 0 Å². The molecule has 1 fully saturated rings. The van der Waals surface area contributed by atoms with Crippen LogP contribution in [-0.4, -0.2) is 40.2 Å². The molecule has 2 aromatic carbocycles. The molecule has 2 aromatic rings. The molecule has 0 spiro atoms. The smallest absolute Gasteiger partial charge is 0.415 e. The van der Waals surface area contributed by atoms with Crippen LogP contribution in [-0.2, 0) is 0 Å². The van der Waals surface area contributed by atoms with Crippen molar-refractivity contribution >= 4 is 39.4 Å². The standard InChI is InChI=1S/C17H11BrF3N3O6/c18-9-5-11(12(24(28)29)6-10(9)19)23-13(7-22(16(23)25)17(26)27)8-3-1-2-4-14(8)30-15(20)21/h1-6,13,15H,7H2,(H,26,27). The lowest BCUT2D eigenvalue weighted by Crippen LogP contribution is -2.35. The molecule has 1 aliphatic heterocycles. The summed E-state index contributed by atoms with van der Waals surface area (Å²) in [5.41, 5.74) is -1.24. The third-order valence-electron chi connectivity index (χ3n) is 4.30. The van der Waals surface area contributed by atoms with Crippen LogP contribution in [0, 0.1) is 15.9 Å². The fourth-order valence-electron chi connectivity index (χ4n) is 3.09. The molecule has 3 rings (SSSR count). The fraction of sp³-hybridized carbons (Fsp3) is 0.176. The maximum absolute atomic E-state index is 13.9. The van der Waals surface area contributed by atoms with Crippen molar-refractivity contribution in [3.05, 3.63) is 62.4 Å². The lowest BCUT2D eigenvalue weighted by molar-refractivity contribution is -0.384. The van der Waals surface area contributed by atoms with E-state index in [0.29, 0.717) is 11.0 Å². The number of nitrogens with zero attached hydrogens (tertiary/aromatic N) is 3. The Morgan fingerprint density at radius 2 is 2.00 bits per heavy atom. The van der Waals surface area contributed by atoms with E-state index in [1.54, 1.807) is 0 Å².